The van der Waals surface area contributed by atoms with Gasteiger partial charge in [-0.25, -0.2) is 8.42 Å². The molecule has 0 aromatic heterocycles. The van der Waals surface area contributed by atoms with Crippen LogP contribution in [0.3, 0.4) is 0 Å². The van der Waals surface area contributed by atoms with Crippen molar-refractivity contribution in [3.05, 3.63) is 54.1 Å². The van der Waals surface area contributed by atoms with E-state index in [9.17, 15) is 18.0 Å². The predicted octanol–water partition coefficient (Wildman–Crippen LogP) is 3.14. The lowest BCUT2D eigenvalue weighted by atomic mass is 10.1. The highest BCUT2D eigenvalue weighted by molar-refractivity contribution is 7.92. The molecule has 2 amide bonds. The second-order valence-electron chi connectivity index (χ2n) is 6.57. The van der Waals surface area contributed by atoms with E-state index in [4.69, 9.17) is 0 Å². The number of nitrogens with one attached hydrogen (secondary N) is 2. The average molecular weight is 404 g/mol. The Morgan fingerprint density at radius 3 is 2.11 bits per heavy atom. The number of sulfonamides is 1. The molecular formula is C20H25N3O4S. The Bertz CT molecular complexity index is 956. The SMILES string of the molecule is CC[C@H](C(=O)Nc1cccc(NC(C)=O)c1)N(c1ccc(C)cc1)S(C)(=O)=O. The van der Waals surface area contributed by atoms with Crippen molar-refractivity contribution in [2.45, 2.75) is 33.2 Å². The fourth-order valence-electron chi connectivity index (χ4n) is 2.86. The van der Waals surface area contributed by atoms with Gasteiger partial charge in [-0.05, 0) is 43.7 Å². The number of benzene rings is 2. The molecule has 0 bridgehead atoms. The van der Waals surface area contributed by atoms with Crippen LogP contribution in [0.25, 0.3) is 0 Å². The summed E-state index contributed by atoms with van der Waals surface area (Å²) in [6.45, 7) is 5.05. The van der Waals surface area contributed by atoms with Crippen LogP contribution in [0.2, 0.25) is 0 Å². The molecule has 0 spiro atoms. The molecule has 1 atom stereocenters. The third-order valence-electron chi connectivity index (χ3n) is 4.07. The third-order valence-corrected chi connectivity index (χ3v) is 5.25. The van der Waals surface area contributed by atoms with E-state index in [1.807, 2.05) is 6.92 Å². The minimum absolute atomic E-state index is 0.225. The maximum absolute atomic E-state index is 12.9. The Morgan fingerprint density at radius 1 is 1.04 bits per heavy atom. The highest BCUT2D eigenvalue weighted by Gasteiger charge is 2.31. The topological polar surface area (TPSA) is 95.6 Å². The summed E-state index contributed by atoms with van der Waals surface area (Å²) in [5.41, 5.74) is 2.43. The summed E-state index contributed by atoms with van der Waals surface area (Å²) < 4.78 is 26.0. The van der Waals surface area contributed by atoms with E-state index in [0.717, 1.165) is 16.1 Å². The lowest BCUT2D eigenvalue weighted by molar-refractivity contribution is -0.117. The first kappa shape index (κ1) is 21.4. The monoisotopic (exact) mass is 403 g/mol. The zero-order valence-corrected chi connectivity index (χ0v) is 17.2. The van der Waals surface area contributed by atoms with Crippen LogP contribution < -0.4 is 14.9 Å². The van der Waals surface area contributed by atoms with Crippen molar-refractivity contribution in [3.63, 3.8) is 0 Å². The number of carbonyl (C=O) groups is 2. The molecule has 0 unspecified atom stereocenters. The first-order valence-corrected chi connectivity index (χ1v) is 10.7. The van der Waals surface area contributed by atoms with Crippen LogP contribution in [0.4, 0.5) is 17.1 Å². The lowest BCUT2D eigenvalue weighted by Gasteiger charge is -2.30. The smallest absolute Gasteiger partial charge is 0.248 e. The van der Waals surface area contributed by atoms with Gasteiger partial charge >= 0.3 is 0 Å². The molecule has 7 nitrogen and oxygen atoms in total. The molecule has 0 radical (unpaired) electrons. The normalized spacial score (nSPS) is 12.1. The molecule has 0 aliphatic rings. The molecule has 2 N–H and O–H groups in total. The number of amides is 2. The fraction of sp³-hybridized carbons (Fsp3) is 0.300. The summed E-state index contributed by atoms with van der Waals surface area (Å²) in [4.78, 5) is 24.1. The van der Waals surface area contributed by atoms with Crippen molar-refractivity contribution in [2.24, 2.45) is 0 Å². The van der Waals surface area contributed by atoms with Gasteiger partial charge in [0.1, 0.15) is 6.04 Å². The molecular weight excluding hydrogens is 378 g/mol. The second-order valence-corrected chi connectivity index (χ2v) is 8.43. The number of aryl methyl sites for hydroxylation is 1. The molecule has 8 heteroatoms. The third kappa shape index (κ3) is 5.56. The molecule has 28 heavy (non-hydrogen) atoms. The Hall–Kier alpha value is -2.87. The van der Waals surface area contributed by atoms with Crippen LogP contribution in [0.5, 0.6) is 0 Å². The predicted molar refractivity (Wildman–Crippen MR) is 112 cm³/mol. The fourth-order valence-corrected chi connectivity index (χ4v) is 4.07. The minimum atomic E-state index is -3.69. The Labute approximate surface area is 165 Å². The minimum Gasteiger partial charge on any atom is -0.326 e. The van der Waals surface area contributed by atoms with Crippen molar-refractivity contribution in [3.8, 4) is 0 Å². The van der Waals surface area contributed by atoms with Gasteiger partial charge in [0.05, 0.1) is 11.9 Å². The summed E-state index contributed by atoms with van der Waals surface area (Å²) in [6.07, 6.45) is 1.37. The number of carbonyl (C=O) groups excluding carboxylic acids is 2. The summed E-state index contributed by atoms with van der Waals surface area (Å²) in [7, 11) is -3.69. The number of hydrogen-bond acceptors (Lipinski definition) is 4. The van der Waals surface area contributed by atoms with Crippen LogP contribution in [-0.4, -0.2) is 32.5 Å². The first-order valence-electron chi connectivity index (χ1n) is 8.86. The van der Waals surface area contributed by atoms with Crippen molar-refractivity contribution < 1.29 is 18.0 Å². The summed E-state index contributed by atoms with van der Waals surface area (Å²) >= 11 is 0. The van der Waals surface area contributed by atoms with Gasteiger partial charge in [0.25, 0.3) is 0 Å². The van der Waals surface area contributed by atoms with Gasteiger partial charge in [0, 0.05) is 18.3 Å². The maximum Gasteiger partial charge on any atom is 0.248 e. The van der Waals surface area contributed by atoms with Gasteiger partial charge < -0.3 is 10.6 Å². The molecule has 0 heterocycles. The van der Waals surface area contributed by atoms with Crippen molar-refractivity contribution in [1.82, 2.24) is 0 Å². The number of anilines is 3. The van der Waals surface area contributed by atoms with Crippen LogP contribution in [0, 0.1) is 6.92 Å². The molecule has 0 aliphatic carbocycles. The molecule has 2 rings (SSSR count). The van der Waals surface area contributed by atoms with Gasteiger partial charge in [-0.15, -0.1) is 0 Å². The zero-order valence-electron chi connectivity index (χ0n) is 16.4. The standard InChI is InChI=1S/C20H25N3O4S/c1-5-19(23(28(4,26)27)18-11-9-14(2)10-12-18)20(25)22-17-8-6-7-16(13-17)21-15(3)24/h6-13,19H,5H2,1-4H3,(H,21,24)(H,22,25)/t19-/m1/s1. The highest BCUT2D eigenvalue weighted by atomic mass is 32.2. The zero-order chi connectivity index (χ0) is 20.9. The van der Waals surface area contributed by atoms with E-state index in [0.29, 0.717) is 17.1 Å². The summed E-state index contributed by atoms with van der Waals surface area (Å²) in [6, 6.07) is 12.7. The molecule has 0 aliphatic heterocycles. The molecule has 2 aromatic rings. The average Bonchev–Trinajstić information content (AvgIpc) is 2.59. The Kier molecular flexibility index (Phi) is 6.80. The van der Waals surface area contributed by atoms with Crippen molar-refractivity contribution in [2.75, 3.05) is 21.2 Å². The Morgan fingerprint density at radius 2 is 1.61 bits per heavy atom. The Balaban J connectivity index is 2.32. The van der Waals surface area contributed by atoms with E-state index in [1.165, 1.54) is 6.92 Å². The van der Waals surface area contributed by atoms with Crippen molar-refractivity contribution in [1.29, 1.82) is 0 Å². The van der Waals surface area contributed by atoms with Gasteiger partial charge in [0.15, 0.2) is 0 Å². The van der Waals surface area contributed by atoms with Crippen molar-refractivity contribution >= 4 is 38.9 Å². The highest BCUT2D eigenvalue weighted by Crippen LogP contribution is 2.24. The number of rotatable bonds is 7. The number of nitrogens with zero attached hydrogens (tertiary/aromatic N) is 1. The van der Waals surface area contributed by atoms with E-state index >= 15 is 0 Å². The molecule has 0 saturated heterocycles. The maximum atomic E-state index is 12.9. The second kappa shape index (κ2) is 8.88. The molecule has 0 saturated carbocycles. The van der Waals surface area contributed by atoms with E-state index in [2.05, 4.69) is 10.6 Å². The van der Waals surface area contributed by atoms with Crippen LogP contribution in [0.15, 0.2) is 48.5 Å². The quantitative estimate of drug-likeness (QED) is 0.742. The lowest BCUT2D eigenvalue weighted by Crippen LogP contribution is -2.47. The van der Waals surface area contributed by atoms with Crippen LogP contribution in [0.1, 0.15) is 25.8 Å². The van der Waals surface area contributed by atoms with Gasteiger partial charge in [-0.1, -0.05) is 30.7 Å². The summed E-state index contributed by atoms with van der Waals surface area (Å²) in [5, 5.41) is 5.39. The molecule has 2 aromatic carbocycles. The van der Waals surface area contributed by atoms with Crippen LogP contribution in [-0.2, 0) is 19.6 Å². The van der Waals surface area contributed by atoms with Gasteiger partial charge in [0.2, 0.25) is 21.8 Å². The molecule has 150 valence electrons. The summed E-state index contributed by atoms with van der Waals surface area (Å²) in [5.74, 6) is -0.675. The number of hydrogen-bond donors (Lipinski definition) is 2. The molecule has 0 fully saturated rings. The van der Waals surface area contributed by atoms with Gasteiger partial charge in [-0.3, -0.25) is 13.9 Å². The van der Waals surface area contributed by atoms with Crippen LogP contribution >= 0.6 is 0 Å². The van der Waals surface area contributed by atoms with E-state index in [1.54, 1.807) is 55.5 Å². The van der Waals surface area contributed by atoms with E-state index < -0.39 is 22.0 Å². The van der Waals surface area contributed by atoms with E-state index in [-0.39, 0.29) is 12.3 Å². The first-order chi connectivity index (χ1) is 13.1. The largest absolute Gasteiger partial charge is 0.326 e. The van der Waals surface area contributed by atoms with Gasteiger partial charge in [-0.2, -0.15) is 0 Å².